The van der Waals surface area contributed by atoms with Gasteiger partial charge in [-0.3, -0.25) is 0 Å². The van der Waals surface area contributed by atoms with Gasteiger partial charge < -0.3 is 0 Å². The van der Waals surface area contributed by atoms with Crippen LogP contribution in [0.25, 0.3) is 0 Å². The average molecular weight is 192 g/mol. The zero-order valence-corrected chi connectivity index (χ0v) is 9.83. The van der Waals surface area contributed by atoms with E-state index in [-0.39, 0.29) is 5.41 Å². The standard InChI is InChI=1S/C12H20N2/c1-9(2)6-10-7-13-11(14-8-10)12(3,4)5/h7-9H,6H2,1-5H3. The van der Waals surface area contributed by atoms with E-state index in [1.54, 1.807) is 0 Å². The van der Waals surface area contributed by atoms with E-state index in [4.69, 9.17) is 0 Å². The minimum absolute atomic E-state index is 0.0519. The number of hydrogen-bond acceptors (Lipinski definition) is 2. The Morgan fingerprint density at radius 2 is 1.64 bits per heavy atom. The molecule has 0 saturated heterocycles. The molecule has 0 amide bonds. The Hall–Kier alpha value is -0.920. The van der Waals surface area contributed by atoms with Crippen molar-refractivity contribution in [3.63, 3.8) is 0 Å². The second-order valence-electron chi connectivity index (χ2n) is 5.26. The summed E-state index contributed by atoms with van der Waals surface area (Å²) in [4.78, 5) is 8.78. The van der Waals surface area contributed by atoms with Gasteiger partial charge in [0.1, 0.15) is 5.82 Å². The first-order valence-electron chi connectivity index (χ1n) is 5.21. The van der Waals surface area contributed by atoms with E-state index < -0.39 is 0 Å². The van der Waals surface area contributed by atoms with E-state index in [0.29, 0.717) is 5.92 Å². The summed E-state index contributed by atoms with van der Waals surface area (Å²) < 4.78 is 0. The molecule has 0 fully saturated rings. The van der Waals surface area contributed by atoms with Crippen LogP contribution in [-0.4, -0.2) is 9.97 Å². The van der Waals surface area contributed by atoms with Crippen LogP contribution in [0, 0.1) is 5.92 Å². The fourth-order valence-electron chi connectivity index (χ4n) is 1.32. The van der Waals surface area contributed by atoms with Gasteiger partial charge in [-0.25, -0.2) is 9.97 Å². The zero-order chi connectivity index (χ0) is 10.8. The summed E-state index contributed by atoms with van der Waals surface area (Å²) >= 11 is 0. The van der Waals surface area contributed by atoms with Gasteiger partial charge in [0, 0.05) is 17.8 Å². The van der Waals surface area contributed by atoms with Crippen molar-refractivity contribution in [1.82, 2.24) is 9.97 Å². The highest BCUT2D eigenvalue weighted by atomic mass is 14.9. The lowest BCUT2D eigenvalue weighted by atomic mass is 9.95. The number of rotatable bonds is 2. The second-order valence-corrected chi connectivity index (χ2v) is 5.26. The fraction of sp³-hybridized carbons (Fsp3) is 0.667. The molecule has 0 aliphatic heterocycles. The molecule has 0 aromatic carbocycles. The number of aromatic nitrogens is 2. The van der Waals surface area contributed by atoms with Gasteiger partial charge in [-0.05, 0) is 17.9 Å². The lowest BCUT2D eigenvalue weighted by Crippen LogP contribution is -2.16. The third-order valence-corrected chi connectivity index (χ3v) is 2.02. The van der Waals surface area contributed by atoms with Crippen molar-refractivity contribution in [2.45, 2.75) is 46.5 Å². The van der Waals surface area contributed by atoms with Gasteiger partial charge >= 0.3 is 0 Å². The fourth-order valence-corrected chi connectivity index (χ4v) is 1.32. The van der Waals surface area contributed by atoms with Crippen LogP contribution in [0.2, 0.25) is 0 Å². The van der Waals surface area contributed by atoms with Crippen LogP contribution in [-0.2, 0) is 11.8 Å². The van der Waals surface area contributed by atoms with Gasteiger partial charge in [0.15, 0.2) is 0 Å². The molecule has 2 heteroatoms. The lowest BCUT2D eigenvalue weighted by molar-refractivity contribution is 0.541. The van der Waals surface area contributed by atoms with Crippen molar-refractivity contribution >= 4 is 0 Å². The van der Waals surface area contributed by atoms with Gasteiger partial charge in [-0.2, -0.15) is 0 Å². The van der Waals surface area contributed by atoms with Gasteiger partial charge in [-0.1, -0.05) is 34.6 Å². The smallest absolute Gasteiger partial charge is 0.133 e. The molecule has 1 heterocycles. The molecule has 78 valence electrons. The predicted octanol–water partition coefficient (Wildman–Crippen LogP) is 2.97. The molecule has 14 heavy (non-hydrogen) atoms. The van der Waals surface area contributed by atoms with E-state index in [9.17, 15) is 0 Å². The summed E-state index contributed by atoms with van der Waals surface area (Å²) in [7, 11) is 0. The summed E-state index contributed by atoms with van der Waals surface area (Å²) in [5.74, 6) is 1.59. The largest absolute Gasteiger partial charge is 0.241 e. The summed E-state index contributed by atoms with van der Waals surface area (Å²) in [5, 5.41) is 0. The molecule has 0 aliphatic rings. The van der Waals surface area contributed by atoms with Crippen LogP contribution in [0.1, 0.15) is 46.0 Å². The summed E-state index contributed by atoms with van der Waals surface area (Å²) in [5.41, 5.74) is 1.28. The van der Waals surface area contributed by atoms with E-state index >= 15 is 0 Å². The molecule has 0 aliphatic carbocycles. The molecule has 0 unspecified atom stereocenters. The Morgan fingerprint density at radius 3 is 2.00 bits per heavy atom. The highest BCUT2D eigenvalue weighted by Crippen LogP contribution is 2.17. The molecule has 1 rings (SSSR count). The molecule has 0 atom stereocenters. The van der Waals surface area contributed by atoms with Crippen LogP contribution < -0.4 is 0 Å². The molecule has 0 saturated carbocycles. The molecular weight excluding hydrogens is 172 g/mol. The van der Waals surface area contributed by atoms with Crippen LogP contribution in [0.5, 0.6) is 0 Å². The van der Waals surface area contributed by atoms with Crippen molar-refractivity contribution in [1.29, 1.82) is 0 Å². The second kappa shape index (κ2) is 4.07. The first-order valence-corrected chi connectivity index (χ1v) is 5.21. The maximum absolute atomic E-state index is 4.39. The van der Waals surface area contributed by atoms with Crippen LogP contribution >= 0.6 is 0 Å². The van der Waals surface area contributed by atoms with E-state index in [1.807, 2.05) is 12.4 Å². The number of nitrogens with zero attached hydrogens (tertiary/aromatic N) is 2. The summed E-state index contributed by atoms with van der Waals surface area (Å²) in [6, 6.07) is 0. The summed E-state index contributed by atoms with van der Waals surface area (Å²) in [6.07, 6.45) is 4.96. The molecule has 1 aromatic rings. The third-order valence-electron chi connectivity index (χ3n) is 2.02. The van der Waals surface area contributed by atoms with E-state index in [1.165, 1.54) is 5.56 Å². The van der Waals surface area contributed by atoms with Crippen LogP contribution in [0.15, 0.2) is 12.4 Å². The lowest BCUT2D eigenvalue weighted by Gasteiger charge is -2.16. The molecule has 2 nitrogen and oxygen atoms in total. The van der Waals surface area contributed by atoms with Crippen molar-refractivity contribution in [2.75, 3.05) is 0 Å². The topological polar surface area (TPSA) is 25.8 Å². The molecule has 1 aromatic heterocycles. The quantitative estimate of drug-likeness (QED) is 0.720. The average Bonchev–Trinajstić information content (AvgIpc) is 2.02. The molecule has 0 spiro atoms. The minimum atomic E-state index is 0.0519. The Bertz CT molecular complexity index is 280. The van der Waals surface area contributed by atoms with Crippen molar-refractivity contribution in [3.8, 4) is 0 Å². The normalized spacial score (nSPS) is 12.1. The van der Waals surface area contributed by atoms with Gasteiger partial charge in [-0.15, -0.1) is 0 Å². The SMILES string of the molecule is CC(C)Cc1cnc(C(C)(C)C)nc1. The van der Waals surface area contributed by atoms with Gasteiger partial charge in [0.05, 0.1) is 0 Å². The zero-order valence-electron chi connectivity index (χ0n) is 9.83. The first kappa shape index (κ1) is 11.2. The first-order chi connectivity index (χ1) is 6.39. The van der Waals surface area contributed by atoms with Crippen LogP contribution in [0.3, 0.4) is 0 Å². The van der Waals surface area contributed by atoms with E-state index in [2.05, 4.69) is 44.6 Å². The minimum Gasteiger partial charge on any atom is -0.241 e. The Balaban J connectivity index is 2.79. The Morgan fingerprint density at radius 1 is 1.14 bits per heavy atom. The molecule has 0 N–H and O–H groups in total. The Labute approximate surface area is 86.8 Å². The third kappa shape index (κ3) is 3.09. The van der Waals surface area contributed by atoms with Crippen molar-refractivity contribution < 1.29 is 0 Å². The monoisotopic (exact) mass is 192 g/mol. The summed E-state index contributed by atoms with van der Waals surface area (Å²) in [6.45, 7) is 10.8. The molecule has 0 bridgehead atoms. The maximum atomic E-state index is 4.39. The predicted molar refractivity (Wildman–Crippen MR) is 59.3 cm³/mol. The van der Waals surface area contributed by atoms with Crippen molar-refractivity contribution in [2.24, 2.45) is 5.92 Å². The molecule has 0 radical (unpaired) electrons. The molecular formula is C12H20N2. The Kier molecular flexibility index (Phi) is 3.25. The van der Waals surface area contributed by atoms with Gasteiger partial charge in [0.2, 0.25) is 0 Å². The number of hydrogen-bond donors (Lipinski definition) is 0. The van der Waals surface area contributed by atoms with E-state index in [0.717, 1.165) is 12.2 Å². The highest BCUT2D eigenvalue weighted by Gasteiger charge is 2.16. The highest BCUT2D eigenvalue weighted by molar-refractivity contribution is 5.09. The van der Waals surface area contributed by atoms with Gasteiger partial charge in [0.25, 0.3) is 0 Å². The van der Waals surface area contributed by atoms with Crippen LogP contribution in [0.4, 0.5) is 0 Å². The maximum Gasteiger partial charge on any atom is 0.133 e. The van der Waals surface area contributed by atoms with Crippen molar-refractivity contribution in [3.05, 3.63) is 23.8 Å².